The van der Waals surface area contributed by atoms with Gasteiger partial charge in [0, 0.05) is 48.9 Å². The molecule has 7 rings (SSSR count). The number of anilines is 2. The van der Waals surface area contributed by atoms with Gasteiger partial charge < -0.3 is 20.3 Å². The number of hydrogen-bond acceptors (Lipinski definition) is 9. The molecule has 1 amide bonds. The number of aromatic nitrogens is 2. The zero-order valence-electron chi connectivity index (χ0n) is 27.7. The van der Waals surface area contributed by atoms with Crippen LogP contribution >= 0.6 is 11.3 Å². The first-order chi connectivity index (χ1) is 24.6. The molecule has 0 radical (unpaired) electrons. The average Bonchev–Trinajstić information content (AvgIpc) is 3.83. The van der Waals surface area contributed by atoms with Gasteiger partial charge in [-0.1, -0.05) is 6.07 Å². The van der Waals surface area contributed by atoms with Gasteiger partial charge in [-0.3, -0.25) is 9.69 Å². The van der Waals surface area contributed by atoms with Crippen LogP contribution in [0.25, 0.3) is 32.1 Å². The summed E-state index contributed by atoms with van der Waals surface area (Å²) in [6.45, 7) is 2.16. The van der Waals surface area contributed by atoms with Crippen LogP contribution in [0.3, 0.4) is 0 Å². The van der Waals surface area contributed by atoms with Gasteiger partial charge in [-0.25, -0.2) is 13.2 Å². The Balaban J connectivity index is 1.44. The van der Waals surface area contributed by atoms with Crippen molar-refractivity contribution in [2.24, 2.45) is 0 Å². The number of carbonyl (C=O) groups excluding carboxylic acids is 1. The minimum Gasteiger partial charge on any atom is -0.461 e. The van der Waals surface area contributed by atoms with Gasteiger partial charge >= 0.3 is 18.6 Å². The molecule has 18 heteroatoms. The fourth-order valence-corrected chi connectivity index (χ4v) is 9.15. The molecule has 3 fully saturated rings. The number of rotatable bonds is 7. The maximum atomic E-state index is 17.1. The van der Waals surface area contributed by atoms with Gasteiger partial charge in [0.1, 0.15) is 41.0 Å². The van der Waals surface area contributed by atoms with Gasteiger partial charge in [-0.05, 0) is 50.4 Å². The van der Waals surface area contributed by atoms with E-state index >= 15 is 4.39 Å². The van der Waals surface area contributed by atoms with E-state index < -0.39 is 87.5 Å². The molecule has 0 spiro atoms. The largest absolute Gasteiger partial charge is 0.461 e. The van der Waals surface area contributed by atoms with E-state index in [2.05, 4.69) is 9.97 Å². The van der Waals surface area contributed by atoms with Gasteiger partial charge in [0.05, 0.1) is 27.4 Å². The number of likely N-dealkylation sites (tertiary alicyclic amines) is 1. The summed E-state index contributed by atoms with van der Waals surface area (Å²) in [7, 11) is 1.43. The van der Waals surface area contributed by atoms with Crippen molar-refractivity contribution in [2.75, 3.05) is 43.9 Å². The molecular formula is C34H31F8N7O2S. The Morgan fingerprint density at radius 2 is 2.00 bits per heavy atom. The van der Waals surface area contributed by atoms with Crippen molar-refractivity contribution in [2.45, 2.75) is 69.0 Å². The van der Waals surface area contributed by atoms with Crippen LogP contribution in [0.5, 0.6) is 6.01 Å². The first-order valence-electron chi connectivity index (χ1n) is 16.4. The molecule has 0 aliphatic carbocycles. The minimum atomic E-state index is -5.21. The Morgan fingerprint density at radius 1 is 1.25 bits per heavy atom. The van der Waals surface area contributed by atoms with Crippen LogP contribution in [0, 0.1) is 23.0 Å². The van der Waals surface area contributed by atoms with Crippen molar-refractivity contribution >= 4 is 49.1 Å². The molecule has 0 saturated carbocycles. The third kappa shape index (κ3) is 5.72. The molecule has 4 unspecified atom stereocenters. The molecule has 2 aromatic heterocycles. The third-order valence-electron chi connectivity index (χ3n) is 10.6. The van der Waals surface area contributed by atoms with E-state index in [9.17, 15) is 40.8 Å². The van der Waals surface area contributed by atoms with Gasteiger partial charge in [-0.15, -0.1) is 11.3 Å². The predicted octanol–water partition coefficient (Wildman–Crippen LogP) is 6.91. The number of fused-ring (bicyclic) bond motifs is 3. The molecule has 3 saturated heterocycles. The lowest BCUT2D eigenvalue weighted by Crippen LogP contribution is -2.46. The summed E-state index contributed by atoms with van der Waals surface area (Å²) in [6, 6.07) is 2.18. The molecule has 3 aliphatic rings. The second kappa shape index (κ2) is 12.9. The fourth-order valence-electron chi connectivity index (χ4n) is 8.20. The van der Waals surface area contributed by atoms with Gasteiger partial charge in [0.15, 0.2) is 5.82 Å². The monoisotopic (exact) mass is 753 g/mol. The summed E-state index contributed by atoms with van der Waals surface area (Å²) in [4.78, 5) is 25.2. The van der Waals surface area contributed by atoms with E-state index in [1.54, 1.807) is 6.07 Å². The van der Waals surface area contributed by atoms with Crippen LogP contribution in [0.15, 0.2) is 18.2 Å². The van der Waals surface area contributed by atoms with E-state index in [0.717, 1.165) is 23.5 Å². The van der Waals surface area contributed by atoms with Crippen LogP contribution in [0.4, 0.5) is 45.9 Å². The Morgan fingerprint density at radius 3 is 2.69 bits per heavy atom. The first-order valence-corrected chi connectivity index (χ1v) is 17.2. The predicted molar refractivity (Wildman–Crippen MR) is 177 cm³/mol. The lowest BCUT2D eigenvalue weighted by Gasteiger charge is -2.33. The van der Waals surface area contributed by atoms with E-state index in [0.29, 0.717) is 30.4 Å². The quantitative estimate of drug-likeness (QED) is 0.203. The first kappa shape index (κ1) is 35.9. The van der Waals surface area contributed by atoms with Crippen molar-refractivity contribution in [3.05, 3.63) is 41.0 Å². The summed E-state index contributed by atoms with van der Waals surface area (Å²) in [5.41, 5.74) is 1.34. The van der Waals surface area contributed by atoms with Gasteiger partial charge in [-0.2, -0.15) is 37.2 Å². The van der Waals surface area contributed by atoms with Crippen molar-refractivity contribution in [3.63, 3.8) is 0 Å². The number of halogens is 8. The smallest absolute Gasteiger partial charge is 0.417 e. The third-order valence-corrected chi connectivity index (χ3v) is 11.7. The summed E-state index contributed by atoms with van der Waals surface area (Å²) < 4.78 is 124. The Hall–Kier alpha value is -4.50. The molecule has 2 N–H and O–H groups in total. The molecule has 52 heavy (non-hydrogen) atoms. The van der Waals surface area contributed by atoms with E-state index in [-0.39, 0.29) is 59.0 Å². The van der Waals surface area contributed by atoms with Gasteiger partial charge in [0.25, 0.3) is 5.91 Å². The van der Waals surface area contributed by atoms with E-state index in [1.165, 1.54) is 18.9 Å². The highest BCUT2D eigenvalue weighted by Gasteiger charge is 2.50. The number of nitriles is 1. The maximum Gasteiger partial charge on any atom is 0.417 e. The Kier molecular flexibility index (Phi) is 8.88. The lowest BCUT2D eigenvalue weighted by molar-refractivity contribution is -0.143. The van der Waals surface area contributed by atoms with Crippen LogP contribution < -0.4 is 15.4 Å². The van der Waals surface area contributed by atoms with E-state index in [1.807, 2.05) is 4.90 Å². The number of nitrogens with zero attached hydrogens (tertiary/aromatic N) is 6. The number of alkyl halides is 6. The van der Waals surface area contributed by atoms with Crippen LogP contribution in [0.2, 0.25) is 0 Å². The minimum absolute atomic E-state index is 0.0770. The zero-order chi connectivity index (χ0) is 37.4. The summed E-state index contributed by atoms with van der Waals surface area (Å²) in [6.07, 6.45) is -7.92. The molecule has 4 atom stereocenters. The normalized spacial score (nSPS) is 23.6. The van der Waals surface area contributed by atoms with Crippen molar-refractivity contribution in [3.8, 4) is 23.2 Å². The second-order valence-corrected chi connectivity index (χ2v) is 14.5. The van der Waals surface area contributed by atoms with Crippen LogP contribution in [-0.2, 0) is 11.0 Å². The highest BCUT2D eigenvalue weighted by Crippen LogP contribution is 2.48. The van der Waals surface area contributed by atoms with Crippen molar-refractivity contribution in [1.82, 2.24) is 19.8 Å². The number of thiophene rings is 1. The number of ether oxygens (including phenoxy) is 1. The van der Waals surface area contributed by atoms with Gasteiger partial charge in [0.2, 0.25) is 0 Å². The average molecular weight is 754 g/mol. The highest BCUT2D eigenvalue weighted by atomic mass is 32.1. The molecule has 9 nitrogen and oxygen atoms in total. The van der Waals surface area contributed by atoms with Crippen molar-refractivity contribution < 1.29 is 44.7 Å². The second-order valence-electron chi connectivity index (χ2n) is 13.5. The number of hydrogen-bond donors (Lipinski definition) is 1. The number of benzene rings is 2. The number of amides is 1. The number of carbonyl (C=O) groups is 1. The van der Waals surface area contributed by atoms with Crippen LogP contribution in [0.1, 0.15) is 43.7 Å². The number of likely N-dealkylation sites (N-methyl/N-ethyl adjacent to an activating group) is 1. The molecule has 0 bridgehead atoms. The Bertz CT molecular complexity index is 2140. The maximum absolute atomic E-state index is 17.1. The molecule has 2 aromatic carbocycles. The topological polar surface area (TPSA) is 112 Å². The zero-order valence-corrected chi connectivity index (χ0v) is 28.5. The van der Waals surface area contributed by atoms with Crippen molar-refractivity contribution in [1.29, 1.82) is 5.26 Å². The summed E-state index contributed by atoms with van der Waals surface area (Å²) in [5, 5.41) is 8.92. The van der Waals surface area contributed by atoms with Crippen LogP contribution in [-0.4, -0.2) is 89.2 Å². The molecule has 5 heterocycles. The summed E-state index contributed by atoms with van der Waals surface area (Å²) >= 11 is 0.633. The standard InChI is InChI=1S/C34H31F8N7O2S/c1-15-22(6-9-49(15)31(50)28(38)39)47(2)30-18-10-20(34(40,41)42)24(17-4-5-21(36)27-23(17)19(12-43)29(44)52-27)25(37)26(18)45-32(46-30)51-14-33-7-3-8-48(33)13-16(35)11-33/h4-5,10,15-16,22,28H,3,6-9,11,13-14,44H2,1-2H3. The fraction of sp³-hybridized carbons (Fsp3) is 0.471. The molecule has 4 aromatic rings. The molecule has 3 aliphatic heterocycles. The molecular weight excluding hydrogens is 722 g/mol. The van der Waals surface area contributed by atoms with E-state index in [4.69, 9.17) is 10.5 Å². The number of nitrogen functional groups attached to an aromatic ring is 1. The summed E-state index contributed by atoms with van der Waals surface area (Å²) in [5.74, 6) is -4.00. The SMILES string of the molecule is CC1C(N(C)c2nc(OCC34CCCN3CC(F)C4)nc3c(F)c(-c4ccc(F)c5sc(N)c(C#N)c45)c(C(F)(F)F)cc23)CCN1C(=O)C(F)F. The highest BCUT2D eigenvalue weighted by molar-refractivity contribution is 7.23. The molecule has 276 valence electrons. The number of nitrogens with two attached hydrogens (primary N) is 1. The Labute approximate surface area is 295 Å². The lowest BCUT2D eigenvalue weighted by atomic mass is 9.92.